The molecule has 4 rings (SSSR count). The fraction of sp³-hybridized carbons (Fsp3) is 0.296. The third-order valence-electron chi connectivity index (χ3n) is 5.55. The molecule has 166 valence electrons. The van der Waals surface area contributed by atoms with Crippen LogP contribution in [-0.2, 0) is 9.08 Å². The van der Waals surface area contributed by atoms with Crippen LogP contribution in [0.5, 0.6) is 0 Å². The van der Waals surface area contributed by atoms with Crippen LogP contribution < -0.4 is 10.8 Å². The third kappa shape index (κ3) is 7.33. The summed E-state index contributed by atoms with van der Waals surface area (Å²) >= 11 is 1.57. The fourth-order valence-electron chi connectivity index (χ4n) is 3.96. The van der Waals surface area contributed by atoms with E-state index >= 15 is 0 Å². The van der Waals surface area contributed by atoms with Crippen LogP contribution in [0.25, 0.3) is 10.8 Å². The van der Waals surface area contributed by atoms with Gasteiger partial charge in [-0.25, -0.2) is 4.28 Å². The molecule has 5 heteroatoms. The van der Waals surface area contributed by atoms with Gasteiger partial charge in [-0.15, -0.1) is 6.42 Å². The molecule has 3 aromatic carbocycles. The molecule has 0 spiro atoms. The molecule has 0 radical (unpaired) electrons. The summed E-state index contributed by atoms with van der Waals surface area (Å²) in [5.41, 5.74) is 5.50. The number of anilines is 1. The lowest BCUT2D eigenvalue weighted by molar-refractivity contribution is -0.109. The Balaban J connectivity index is 0.000000427. The van der Waals surface area contributed by atoms with E-state index < -0.39 is 0 Å². The van der Waals surface area contributed by atoms with Crippen molar-refractivity contribution in [3.8, 4) is 12.3 Å². The Morgan fingerprint density at radius 3 is 2.41 bits per heavy atom. The normalized spacial score (nSPS) is 14.5. The molecule has 0 saturated heterocycles. The van der Waals surface area contributed by atoms with Crippen LogP contribution in [0.4, 0.5) is 5.69 Å². The van der Waals surface area contributed by atoms with Crippen molar-refractivity contribution in [1.82, 2.24) is 5.32 Å². The quantitative estimate of drug-likeness (QED) is 0.136. The third-order valence-corrected chi connectivity index (χ3v) is 6.60. The molecule has 1 aliphatic rings. The van der Waals surface area contributed by atoms with Gasteiger partial charge in [0.2, 0.25) is 6.41 Å². The van der Waals surface area contributed by atoms with Crippen molar-refractivity contribution in [2.75, 3.05) is 12.0 Å². The van der Waals surface area contributed by atoms with Crippen LogP contribution in [0.3, 0.4) is 0 Å². The van der Waals surface area contributed by atoms with E-state index in [0.29, 0.717) is 24.1 Å². The van der Waals surface area contributed by atoms with Gasteiger partial charge in [-0.2, -0.15) is 0 Å². The van der Waals surface area contributed by atoms with Gasteiger partial charge in [-0.1, -0.05) is 85.8 Å². The Kier molecular flexibility index (Phi) is 9.98. The maximum atomic E-state index is 9.36. The van der Waals surface area contributed by atoms with E-state index in [1.165, 1.54) is 48.4 Å². The van der Waals surface area contributed by atoms with E-state index in [-0.39, 0.29) is 0 Å². The maximum Gasteiger partial charge on any atom is 0.207 e. The Morgan fingerprint density at radius 2 is 1.72 bits per heavy atom. The standard InChI is InChI=1S/C23H25NOS.C4H5NO/c1-3-10-19(11-4-1)23(20-12-5-2-6-13-20)26-25-24-22-16-15-18-9-7-8-14-21(18)17-22;1-2-3-5-4-6/h1,3-4,7-11,14-17,20,23-24H,2,5-6,12-13H2;1,4H,3H2,(H,5,6). The lowest BCUT2D eigenvalue weighted by Crippen LogP contribution is -2.15. The van der Waals surface area contributed by atoms with Crippen molar-refractivity contribution in [1.29, 1.82) is 0 Å². The molecule has 1 fully saturated rings. The molecular formula is C27H30N2O2S. The van der Waals surface area contributed by atoms with Gasteiger partial charge < -0.3 is 5.32 Å². The highest BCUT2D eigenvalue weighted by Crippen LogP contribution is 2.43. The number of benzene rings is 3. The van der Waals surface area contributed by atoms with Crippen LogP contribution in [0.15, 0.2) is 72.8 Å². The highest BCUT2D eigenvalue weighted by atomic mass is 32.2. The predicted octanol–water partition coefficient (Wildman–Crippen LogP) is 6.52. The molecule has 0 heterocycles. The minimum Gasteiger partial charge on any atom is -0.348 e. The van der Waals surface area contributed by atoms with Crippen LogP contribution in [0, 0.1) is 18.3 Å². The zero-order valence-corrected chi connectivity index (χ0v) is 19.0. The lowest BCUT2D eigenvalue weighted by atomic mass is 9.84. The molecule has 0 bridgehead atoms. The van der Waals surface area contributed by atoms with Gasteiger partial charge in [0.1, 0.15) is 0 Å². The molecule has 3 aromatic rings. The molecule has 1 saturated carbocycles. The van der Waals surface area contributed by atoms with E-state index in [0.717, 1.165) is 5.69 Å². The second kappa shape index (κ2) is 13.5. The number of hydrogen-bond acceptors (Lipinski definition) is 4. The summed E-state index contributed by atoms with van der Waals surface area (Å²) in [5.74, 6) is 2.92. The first-order chi connectivity index (χ1) is 15.8. The van der Waals surface area contributed by atoms with Crippen LogP contribution in [0.2, 0.25) is 0 Å². The Hall–Kier alpha value is -2.94. The maximum absolute atomic E-state index is 9.36. The smallest absolute Gasteiger partial charge is 0.207 e. The summed E-state index contributed by atoms with van der Waals surface area (Å²) in [7, 11) is 0. The molecular weight excluding hydrogens is 416 g/mol. The topological polar surface area (TPSA) is 50.4 Å². The monoisotopic (exact) mass is 446 g/mol. The summed E-state index contributed by atoms with van der Waals surface area (Å²) in [6.07, 6.45) is 12.0. The van der Waals surface area contributed by atoms with E-state index in [9.17, 15) is 4.79 Å². The Labute approximate surface area is 195 Å². The second-order valence-corrected chi connectivity index (χ2v) is 8.64. The van der Waals surface area contributed by atoms with Crippen LogP contribution >= 0.6 is 12.0 Å². The Bertz CT molecular complexity index is 997. The van der Waals surface area contributed by atoms with Gasteiger partial charge in [0.15, 0.2) is 0 Å². The SMILES string of the molecule is C#CCNC=O.c1ccc(C(SONc2ccc3ccccc3c2)C2CCCCC2)cc1. The van der Waals surface area contributed by atoms with Crippen molar-refractivity contribution in [3.05, 3.63) is 78.4 Å². The summed E-state index contributed by atoms with van der Waals surface area (Å²) < 4.78 is 5.91. The van der Waals surface area contributed by atoms with E-state index in [1.807, 2.05) is 0 Å². The zero-order chi connectivity index (χ0) is 22.4. The fourth-order valence-corrected chi connectivity index (χ4v) is 4.91. The summed E-state index contributed by atoms with van der Waals surface area (Å²) in [6.45, 7) is 0.323. The van der Waals surface area contributed by atoms with Crippen molar-refractivity contribution in [2.24, 2.45) is 5.92 Å². The van der Waals surface area contributed by atoms with Gasteiger partial charge in [0.25, 0.3) is 0 Å². The molecule has 1 aliphatic carbocycles. The van der Waals surface area contributed by atoms with E-state index in [2.05, 4.69) is 89.5 Å². The average molecular weight is 447 g/mol. The van der Waals surface area contributed by atoms with Crippen molar-refractivity contribution < 1.29 is 9.08 Å². The van der Waals surface area contributed by atoms with Gasteiger partial charge in [0, 0.05) is 12.0 Å². The number of terminal acetylenes is 1. The van der Waals surface area contributed by atoms with Gasteiger partial charge >= 0.3 is 0 Å². The number of amides is 1. The minimum atomic E-state index is 0.323. The van der Waals surface area contributed by atoms with Gasteiger partial charge in [-0.05, 0) is 47.2 Å². The van der Waals surface area contributed by atoms with Crippen molar-refractivity contribution in [3.63, 3.8) is 0 Å². The number of rotatable bonds is 8. The molecule has 32 heavy (non-hydrogen) atoms. The highest BCUT2D eigenvalue weighted by Gasteiger charge is 2.26. The summed E-state index contributed by atoms with van der Waals surface area (Å²) in [5, 5.41) is 5.13. The molecule has 1 amide bonds. The molecule has 2 N–H and O–H groups in total. The number of carbonyl (C=O) groups is 1. The molecule has 1 unspecified atom stereocenters. The molecule has 0 aliphatic heterocycles. The first kappa shape index (κ1) is 23.7. The molecule has 0 aromatic heterocycles. The first-order valence-corrected chi connectivity index (χ1v) is 11.8. The number of carbonyl (C=O) groups excluding carboxylic acids is 1. The number of fused-ring (bicyclic) bond motifs is 1. The summed E-state index contributed by atoms with van der Waals surface area (Å²) in [6, 6.07) is 25.5. The molecule has 1 atom stereocenters. The van der Waals surface area contributed by atoms with Crippen LogP contribution in [0.1, 0.15) is 42.9 Å². The Morgan fingerprint density at radius 1 is 1.00 bits per heavy atom. The zero-order valence-electron chi connectivity index (χ0n) is 18.2. The largest absolute Gasteiger partial charge is 0.348 e. The molecule has 4 nitrogen and oxygen atoms in total. The van der Waals surface area contributed by atoms with Crippen molar-refractivity contribution >= 4 is 34.9 Å². The van der Waals surface area contributed by atoms with Gasteiger partial charge in [-0.3, -0.25) is 10.3 Å². The van der Waals surface area contributed by atoms with Gasteiger partial charge in [0.05, 0.1) is 17.5 Å². The van der Waals surface area contributed by atoms with Crippen LogP contribution in [-0.4, -0.2) is 13.0 Å². The summed E-state index contributed by atoms with van der Waals surface area (Å²) in [4.78, 5) is 9.36. The second-order valence-electron chi connectivity index (χ2n) is 7.78. The lowest BCUT2D eigenvalue weighted by Gasteiger charge is -2.29. The van der Waals surface area contributed by atoms with E-state index in [1.54, 1.807) is 12.0 Å². The predicted molar refractivity (Wildman–Crippen MR) is 135 cm³/mol. The number of nitrogens with one attached hydrogen (secondary N) is 2. The number of hydrogen-bond donors (Lipinski definition) is 2. The van der Waals surface area contributed by atoms with E-state index in [4.69, 9.17) is 10.7 Å². The van der Waals surface area contributed by atoms with Crippen molar-refractivity contribution in [2.45, 2.75) is 37.4 Å². The minimum absolute atomic E-state index is 0.323. The average Bonchev–Trinajstić information content (AvgIpc) is 2.87. The highest BCUT2D eigenvalue weighted by molar-refractivity contribution is 7.95. The first-order valence-electron chi connectivity index (χ1n) is 11.0.